The number of rotatable bonds is 7. The van der Waals surface area contributed by atoms with Crippen LogP contribution in [0.5, 0.6) is 11.5 Å². The number of ether oxygens (including phenoxy) is 2. The Morgan fingerprint density at radius 1 is 1.39 bits per heavy atom. The molecule has 3 N–H and O–H groups in total. The largest absolute Gasteiger partial charge is 0.493 e. The standard InChI is InChI=1S/C12H17NO4S/c1-16-10-4-3-8(5-11(10)17-2)6-18-7-9(13)12(14)15/h3-5,9H,6-7,13H2,1-2H3,(H,14,15)/t9-/m1/s1. The molecule has 1 rings (SSSR count). The van der Waals surface area contributed by atoms with Crippen LogP contribution in [0.2, 0.25) is 0 Å². The summed E-state index contributed by atoms with van der Waals surface area (Å²) in [5.41, 5.74) is 6.45. The maximum Gasteiger partial charge on any atom is 0.321 e. The van der Waals surface area contributed by atoms with Crippen molar-refractivity contribution in [2.45, 2.75) is 11.8 Å². The highest BCUT2D eigenvalue weighted by Gasteiger charge is 2.11. The molecule has 0 bridgehead atoms. The third kappa shape index (κ3) is 4.12. The molecule has 0 aliphatic heterocycles. The fourth-order valence-corrected chi connectivity index (χ4v) is 2.28. The third-order valence-electron chi connectivity index (χ3n) is 2.33. The molecule has 1 aromatic rings. The van der Waals surface area contributed by atoms with Gasteiger partial charge in [-0.25, -0.2) is 0 Å². The first-order valence-electron chi connectivity index (χ1n) is 5.35. The molecule has 0 aliphatic rings. The Kier molecular flexibility index (Phi) is 5.80. The van der Waals surface area contributed by atoms with E-state index in [-0.39, 0.29) is 0 Å². The molecular formula is C12H17NO4S. The summed E-state index contributed by atoms with van der Waals surface area (Å²) in [6.45, 7) is 0. The van der Waals surface area contributed by atoms with Gasteiger partial charge in [0.2, 0.25) is 0 Å². The molecule has 0 unspecified atom stereocenters. The summed E-state index contributed by atoms with van der Waals surface area (Å²) < 4.78 is 10.3. The number of carboxylic acids is 1. The maximum absolute atomic E-state index is 10.6. The van der Waals surface area contributed by atoms with E-state index in [0.717, 1.165) is 5.56 Å². The maximum atomic E-state index is 10.6. The number of hydrogen-bond donors (Lipinski definition) is 2. The lowest BCUT2D eigenvalue weighted by atomic mass is 10.2. The summed E-state index contributed by atoms with van der Waals surface area (Å²) in [5.74, 6) is 1.42. The Balaban J connectivity index is 2.55. The monoisotopic (exact) mass is 271 g/mol. The van der Waals surface area contributed by atoms with Crippen LogP contribution < -0.4 is 15.2 Å². The molecule has 0 radical (unpaired) electrons. The van der Waals surface area contributed by atoms with Crippen LogP contribution in [-0.2, 0) is 10.5 Å². The number of benzene rings is 1. The van der Waals surface area contributed by atoms with E-state index in [1.54, 1.807) is 14.2 Å². The van der Waals surface area contributed by atoms with Gasteiger partial charge in [-0.15, -0.1) is 0 Å². The minimum Gasteiger partial charge on any atom is -0.493 e. The van der Waals surface area contributed by atoms with E-state index in [9.17, 15) is 4.79 Å². The zero-order valence-corrected chi connectivity index (χ0v) is 11.2. The minimum absolute atomic E-state index is 0.379. The predicted molar refractivity (Wildman–Crippen MR) is 71.3 cm³/mol. The molecular weight excluding hydrogens is 254 g/mol. The lowest BCUT2D eigenvalue weighted by molar-refractivity contribution is -0.137. The molecule has 5 nitrogen and oxygen atoms in total. The Morgan fingerprint density at radius 3 is 2.61 bits per heavy atom. The van der Waals surface area contributed by atoms with Crippen LogP contribution in [0.15, 0.2) is 18.2 Å². The van der Waals surface area contributed by atoms with E-state index >= 15 is 0 Å². The zero-order chi connectivity index (χ0) is 13.5. The van der Waals surface area contributed by atoms with Crippen molar-refractivity contribution in [1.29, 1.82) is 0 Å². The van der Waals surface area contributed by atoms with Gasteiger partial charge >= 0.3 is 5.97 Å². The minimum atomic E-state index is -0.977. The van der Waals surface area contributed by atoms with Gasteiger partial charge in [-0.3, -0.25) is 4.79 Å². The van der Waals surface area contributed by atoms with Gasteiger partial charge in [0.15, 0.2) is 11.5 Å². The second-order valence-corrected chi connectivity index (χ2v) is 4.68. The van der Waals surface area contributed by atoms with Crippen LogP contribution in [0.3, 0.4) is 0 Å². The van der Waals surface area contributed by atoms with Gasteiger partial charge in [0.1, 0.15) is 6.04 Å². The van der Waals surface area contributed by atoms with Crippen molar-refractivity contribution >= 4 is 17.7 Å². The van der Waals surface area contributed by atoms with Crippen molar-refractivity contribution in [3.63, 3.8) is 0 Å². The third-order valence-corrected chi connectivity index (χ3v) is 3.46. The van der Waals surface area contributed by atoms with Crippen LogP contribution in [0.4, 0.5) is 0 Å². The van der Waals surface area contributed by atoms with Crippen LogP contribution in [0, 0.1) is 0 Å². The van der Waals surface area contributed by atoms with E-state index in [1.165, 1.54) is 11.8 Å². The second kappa shape index (κ2) is 7.13. The molecule has 1 aromatic carbocycles. The van der Waals surface area contributed by atoms with E-state index in [0.29, 0.717) is 23.0 Å². The van der Waals surface area contributed by atoms with Crippen molar-refractivity contribution in [2.24, 2.45) is 5.73 Å². The molecule has 0 aliphatic carbocycles. The van der Waals surface area contributed by atoms with E-state index in [2.05, 4.69) is 0 Å². The Hall–Kier alpha value is -1.40. The smallest absolute Gasteiger partial charge is 0.321 e. The average molecular weight is 271 g/mol. The summed E-state index contributed by atoms with van der Waals surface area (Å²) in [6, 6.07) is 4.79. The number of nitrogens with two attached hydrogens (primary N) is 1. The molecule has 0 heterocycles. The molecule has 18 heavy (non-hydrogen) atoms. The van der Waals surface area contributed by atoms with E-state index in [1.807, 2.05) is 18.2 Å². The van der Waals surface area contributed by atoms with Crippen molar-refractivity contribution in [3.05, 3.63) is 23.8 Å². The van der Waals surface area contributed by atoms with Gasteiger partial charge in [-0.1, -0.05) is 6.07 Å². The van der Waals surface area contributed by atoms with Gasteiger partial charge in [0.25, 0.3) is 0 Å². The number of aliphatic carboxylic acids is 1. The lowest BCUT2D eigenvalue weighted by Gasteiger charge is -2.10. The normalized spacial score (nSPS) is 11.9. The van der Waals surface area contributed by atoms with Gasteiger partial charge < -0.3 is 20.3 Å². The fourth-order valence-electron chi connectivity index (χ4n) is 1.35. The zero-order valence-electron chi connectivity index (χ0n) is 10.4. The van der Waals surface area contributed by atoms with Crippen molar-refractivity contribution in [1.82, 2.24) is 0 Å². The summed E-state index contributed by atoms with van der Waals surface area (Å²) >= 11 is 1.47. The highest BCUT2D eigenvalue weighted by molar-refractivity contribution is 7.98. The van der Waals surface area contributed by atoms with Crippen LogP contribution in [-0.4, -0.2) is 37.1 Å². The molecule has 0 fully saturated rings. The molecule has 0 spiro atoms. The van der Waals surface area contributed by atoms with Gasteiger partial charge in [0, 0.05) is 11.5 Å². The Labute approximate surface area is 110 Å². The van der Waals surface area contributed by atoms with Gasteiger partial charge in [-0.05, 0) is 17.7 Å². The van der Waals surface area contributed by atoms with Gasteiger partial charge in [-0.2, -0.15) is 11.8 Å². The van der Waals surface area contributed by atoms with E-state index in [4.69, 9.17) is 20.3 Å². The van der Waals surface area contributed by atoms with Crippen LogP contribution in [0.25, 0.3) is 0 Å². The summed E-state index contributed by atoms with van der Waals surface area (Å²) in [6.07, 6.45) is 0. The first-order chi connectivity index (χ1) is 8.58. The van der Waals surface area contributed by atoms with Crippen LogP contribution >= 0.6 is 11.8 Å². The van der Waals surface area contributed by atoms with Crippen molar-refractivity contribution in [2.75, 3.05) is 20.0 Å². The Bertz CT molecular complexity index is 411. The van der Waals surface area contributed by atoms with Gasteiger partial charge in [0.05, 0.1) is 14.2 Å². The summed E-state index contributed by atoms with van der Waals surface area (Å²) in [5, 5.41) is 8.65. The molecule has 0 saturated heterocycles. The highest BCUT2D eigenvalue weighted by Crippen LogP contribution is 2.29. The number of methoxy groups -OCH3 is 2. The van der Waals surface area contributed by atoms with E-state index < -0.39 is 12.0 Å². The van der Waals surface area contributed by atoms with Crippen molar-refractivity contribution in [3.8, 4) is 11.5 Å². The molecule has 0 aromatic heterocycles. The number of carboxylic acid groups (broad SMARTS) is 1. The number of hydrogen-bond acceptors (Lipinski definition) is 5. The topological polar surface area (TPSA) is 81.8 Å². The molecule has 100 valence electrons. The quantitative estimate of drug-likeness (QED) is 0.779. The van der Waals surface area contributed by atoms with Crippen LogP contribution in [0.1, 0.15) is 5.56 Å². The van der Waals surface area contributed by atoms with Crippen molar-refractivity contribution < 1.29 is 19.4 Å². The number of carbonyl (C=O) groups is 1. The predicted octanol–water partition coefficient (Wildman–Crippen LogP) is 1.35. The molecule has 0 saturated carbocycles. The molecule has 0 amide bonds. The fraction of sp³-hybridized carbons (Fsp3) is 0.417. The summed E-state index contributed by atoms with van der Waals surface area (Å²) in [7, 11) is 3.16. The number of thioether (sulfide) groups is 1. The lowest BCUT2D eigenvalue weighted by Crippen LogP contribution is -2.32. The molecule has 6 heteroatoms. The average Bonchev–Trinajstić information content (AvgIpc) is 2.38. The highest BCUT2D eigenvalue weighted by atomic mass is 32.2. The molecule has 1 atom stereocenters. The second-order valence-electron chi connectivity index (χ2n) is 3.65. The Morgan fingerprint density at radius 2 is 2.06 bits per heavy atom. The SMILES string of the molecule is COc1ccc(CSC[C@@H](N)C(=O)O)cc1OC. The first-order valence-corrected chi connectivity index (χ1v) is 6.51. The first kappa shape index (κ1) is 14.7. The summed E-state index contributed by atoms with van der Waals surface area (Å²) in [4.78, 5) is 10.6.